The van der Waals surface area contributed by atoms with Crippen molar-refractivity contribution in [2.75, 3.05) is 6.61 Å². The molecule has 2 aliphatic rings. The Morgan fingerprint density at radius 3 is 2.69 bits per heavy atom. The van der Waals surface area contributed by atoms with E-state index in [1.54, 1.807) is 0 Å². The zero-order chi connectivity index (χ0) is 9.26. The maximum Gasteiger partial charge on any atom is 0.249 e. The molecule has 2 rings (SSSR count). The predicted octanol–water partition coefficient (Wildman–Crippen LogP) is -0.195. The summed E-state index contributed by atoms with van der Waals surface area (Å²) in [5.74, 6) is -0.0544. The van der Waals surface area contributed by atoms with Gasteiger partial charge < -0.3 is 15.2 Å². The van der Waals surface area contributed by atoms with Gasteiger partial charge in [-0.05, 0) is 25.7 Å². The second-order valence-electron chi connectivity index (χ2n) is 3.76. The van der Waals surface area contributed by atoms with Crippen LogP contribution in [0.1, 0.15) is 25.7 Å². The predicted molar refractivity (Wildman–Crippen MR) is 46.1 cm³/mol. The first-order chi connectivity index (χ1) is 6.27. The Bertz CT molecular complexity index is 201. The molecule has 0 aromatic heterocycles. The molecule has 1 saturated carbocycles. The fraction of sp³-hybridized carbons (Fsp3) is 0.889. The maximum absolute atomic E-state index is 11.4. The summed E-state index contributed by atoms with van der Waals surface area (Å²) in [6.07, 6.45) is 2.86. The lowest BCUT2D eigenvalue weighted by Gasteiger charge is -2.33. The minimum absolute atomic E-state index is 0.0308. The number of amides is 1. The fourth-order valence-corrected chi connectivity index (χ4v) is 1.71. The van der Waals surface area contributed by atoms with Crippen LogP contribution < -0.4 is 5.32 Å². The molecule has 2 N–H and O–H groups in total. The van der Waals surface area contributed by atoms with Crippen molar-refractivity contribution in [3.8, 4) is 0 Å². The molecule has 1 aliphatic heterocycles. The number of hydrogen-bond acceptors (Lipinski definition) is 3. The van der Waals surface area contributed by atoms with Crippen molar-refractivity contribution in [3.05, 3.63) is 0 Å². The molecular formula is C9H15NO3. The average molecular weight is 185 g/mol. The quantitative estimate of drug-likeness (QED) is 0.626. The third-order valence-corrected chi connectivity index (χ3v) is 2.79. The van der Waals surface area contributed by atoms with Crippen LogP contribution >= 0.6 is 0 Å². The number of carbonyl (C=O) groups excluding carboxylic acids is 1. The van der Waals surface area contributed by atoms with Crippen molar-refractivity contribution in [2.45, 2.75) is 43.9 Å². The van der Waals surface area contributed by atoms with Crippen molar-refractivity contribution in [3.63, 3.8) is 0 Å². The van der Waals surface area contributed by atoms with E-state index in [9.17, 15) is 9.90 Å². The monoisotopic (exact) mass is 185 g/mol. The minimum Gasteiger partial charge on any atom is -0.391 e. The summed E-state index contributed by atoms with van der Waals surface area (Å²) in [4.78, 5) is 11.4. The second-order valence-corrected chi connectivity index (χ2v) is 3.76. The molecule has 3 unspecified atom stereocenters. The van der Waals surface area contributed by atoms with E-state index in [0.29, 0.717) is 6.61 Å². The maximum atomic E-state index is 11.4. The van der Waals surface area contributed by atoms with Crippen LogP contribution in [0.5, 0.6) is 0 Å². The first-order valence-corrected chi connectivity index (χ1v) is 4.87. The highest BCUT2D eigenvalue weighted by Crippen LogP contribution is 2.20. The molecule has 1 saturated heterocycles. The molecular weight excluding hydrogens is 170 g/mol. The van der Waals surface area contributed by atoms with Gasteiger partial charge in [-0.1, -0.05) is 0 Å². The molecule has 13 heavy (non-hydrogen) atoms. The number of aliphatic hydroxyl groups is 1. The minimum atomic E-state index is -0.342. The van der Waals surface area contributed by atoms with Crippen LogP contribution in [-0.4, -0.2) is 35.9 Å². The van der Waals surface area contributed by atoms with Gasteiger partial charge in [0.05, 0.1) is 12.1 Å². The highest BCUT2D eigenvalue weighted by atomic mass is 16.5. The molecule has 0 aromatic carbocycles. The van der Waals surface area contributed by atoms with Gasteiger partial charge in [0.25, 0.3) is 0 Å². The number of aliphatic hydroxyl groups excluding tert-OH is 1. The lowest BCUT2D eigenvalue weighted by Crippen LogP contribution is -2.52. The van der Waals surface area contributed by atoms with Gasteiger partial charge in [0.15, 0.2) is 0 Å². The smallest absolute Gasteiger partial charge is 0.249 e. The van der Waals surface area contributed by atoms with E-state index in [-0.39, 0.29) is 24.2 Å². The molecule has 74 valence electrons. The van der Waals surface area contributed by atoms with Crippen molar-refractivity contribution in [2.24, 2.45) is 0 Å². The van der Waals surface area contributed by atoms with Crippen LogP contribution in [-0.2, 0) is 9.53 Å². The molecule has 1 heterocycles. The Hall–Kier alpha value is -0.610. The number of hydrogen-bond donors (Lipinski definition) is 2. The van der Waals surface area contributed by atoms with E-state index in [1.165, 1.54) is 0 Å². The Kier molecular flexibility index (Phi) is 2.51. The highest BCUT2D eigenvalue weighted by molar-refractivity contribution is 5.81. The summed E-state index contributed by atoms with van der Waals surface area (Å²) in [5, 5.41) is 12.0. The van der Waals surface area contributed by atoms with Gasteiger partial charge in [-0.25, -0.2) is 0 Å². The average Bonchev–Trinajstić information content (AvgIpc) is 2.64. The summed E-state index contributed by atoms with van der Waals surface area (Å²) in [5.41, 5.74) is 0. The largest absolute Gasteiger partial charge is 0.391 e. The van der Waals surface area contributed by atoms with Crippen LogP contribution in [0.25, 0.3) is 0 Å². The lowest BCUT2D eigenvalue weighted by molar-refractivity contribution is -0.133. The Morgan fingerprint density at radius 2 is 2.23 bits per heavy atom. The number of nitrogens with one attached hydrogen (secondary N) is 1. The molecule has 1 amide bonds. The summed E-state index contributed by atoms with van der Waals surface area (Å²) < 4.78 is 5.23. The highest BCUT2D eigenvalue weighted by Gasteiger charge is 2.33. The van der Waals surface area contributed by atoms with E-state index < -0.39 is 0 Å². The van der Waals surface area contributed by atoms with E-state index in [1.807, 2.05) is 0 Å². The molecule has 0 aromatic rings. The normalized spacial score (nSPS) is 38.4. The lowest BCUT2D eigenvalue weighted by atomic mass is 9.89. The molecule has 0 bridgehead atoms. The van der Waals surface area contributed by atoms with E-state index >= 15 is 0 Å². The SMILES string of the molecule is O=C(NC1CCC1O)C1CCCO1. The van der Waals surface area contributed by atoms with Crippen LogP contribution in [0.4, 0.5) is 0 Å². The zero-order valence-electron chi connectivity index (χ0n) is 7.53. The summed E-state index contributed by atoms with van der Waals surface area (Å²) in [7, 11) is 0. The third kappa shape index (κ3) is 1.84. The Balaban J connectivity index is 1.77. The van der Waals surface area contributed by atoms with Crippen molar-refractivity contribution in [1.29, 1.82) is 0 Å². The molecule has 1 aliphatic carbocycles. The van der Waals surface area contributed by atoms with Gasteiger partial charge in [-0.2, -0.15) is 0 Å². The van der Waals surface area contributed by atoms with Crippen LogP contribution in [0.3, 0.4) is 0 Å². The number of rotatable bonds is 2. The molecule has 0 spiro atoms. The second kappa shape index (κ2) is 3.64. The summed E-state index contributed by atoms with van der Waals surface area (Å²) in [6.45, 7) is 0.686. The Morgan fingerprint density at radius 1 is 1.38 bits per heavy atom. The zero-order valence-corrected chi connectivity index (χ0v) is 7.53. The van der Waals surface area contributed by atoms with Crippen molar-refractivity contribution >= 4 is 5.91 Å². The van der Waals surface area contributed by atoms with Crippen LogP contribution in [0, 0.1) is 0 Å². The van der Waals surface area contributed by atoms with Gasteiger partial charge in [-0.15, -0.1) is 0 Å². The number of ether oxygens (including phenoxy) is 1. The topological polar surface area (TPSA) is 58.6 Å². The fourth-order valence-electron chi connectivity index (χ4n) is 1.71. The number of carbonyl (C=O) groups is 1. The molecule has 3 atom stereocenters. The first kappa shape index (κ1) is 8.97. The molecule has 0 radical (unpaired) electrons. The van der Waals surface area contributed by atoms with Gasteiger partial charge in [0.2, 0.25) is 5.91 Å². The molecule has 2 fully saturated rings. The van der Waals surface area contributed by atoms with Gasteiger partial charge in [0.1, 0.15) is 6.10 Å². The van der Waals surface area contributed by atoms with Gasteiger partial charge >= 0.3 is 0 Å². The van der Waals surface area contributed by atoms with E-state index in [2.05, 4.69) is 5.32 Å². The van der Waals surface area contributed by atoms with Crippen LogP contribution in [0.15, 0.2) is 0 Å². The van der Waals surface area contributed by atoms with Gasteiger partial charge in [-0.3, -0.25) is 4.79 Å². The summed E-state index contributed by atoms with van der Waals surface area (Å²) in [6, 6.07) is -0.0308. The first-order valence-electron chi connectivity index (χ1n) is 4.87. The van der Waals surface area contributed by atoms with Crippen molar-refractivity contribution < 1.29 is 14.6 Å². The standard InChI is InChI=1S/C9H15NO3/c11-7-4-3-6(7)10-9(12)8-2-1-5-13-8/h6-8,11H,1-5H2,(H,10,12). The van der Waals surface area contributed by atoms with E-state index in [0.717, 1.165) is 25.7 Å². The Labute approximate surface area is 77.3 Å². The van der Waals surface area contributed by atoms with E-state index in [4.69, 9.17) is 4.74 Å². The summed E-state index contributed by atoms with van der Waals surface area (Å²) >= 11 is 0. The molecule has 4 nitrogen and oxygen atoms in total. The third-order valence-electron chi connectivity index (χ3n) is 2.79. The van der Waals surface area contributed by atoms with Crippen molar-refractivity contribution in [1.82, 2.24) is 5.32 Å². The van der Waals surface area contributed by atoms with Crippen LogP contribution in [0.2, 0.25) is 0 Å². The van der Waals surface area contributed by atoms with Gasteiger partial charge in [0, 0.05) is 6.61 Å². The molecule has 4 heteroatoms.